The molecule has 7 heteroatoms. The maximum Gasteiger partial charge on any atom is 0.156 e. The first-order valence-electron chi connectivity index (χ1n) is 6.43. The third-order valence-corrected chi connectivity index (χ3v) is 4.56. The van der Waals surface area contributed by atoms with Crippen molar-refractivity contribution in [2.45, 2.75) is 5.92 Å². The molecule has 0 amide bonds. The molecule has 20 heavy (non-hydrogen) atoms. The van der Waals surface area contributed by atoms with Gasteiger partial charge < -0.3 is 9.64 Å². The van der Waals surface area contributed by atoms with Crippen LogP contribution in [0, 0.1) is 0 Å². The number of carbonyl (C=O) groups is 1. The average molecular weight is 312 g/mol. The molecule has 1 fully saturated rings. The van der Waals surface area contributed by atoms with Gasteiger partial charge in [0.2, 0.25) is 0 Å². The van der Waals surface area contributed by atoms with Crippen molar-refractivity contribution in [3.05, 3.63) is 28.0 Å². The van der Waals surface area contributed by atoms with Crippen LogP contribution in [0.1, 0.15) is 11.7 Å². The summed E-state index contributed by atoms with van der Waals surface area (Å²) in [5.41, 5.74) is 0. The van der Waals surface area contributed by atoms with Crippen molar-refractivity contribution in [3.8, 4) is 0 Å². The molecule has 1 unspecified atom stereocenters. The van der Waals surface area contributed by atoms with Crippen LogP contribution in [0.2, 0.25) is 5.15 Å². The van der Waals surface area contributed by atoms with E-state index in [1.807, 2.05) is 6.08 Å². The van der Waals surface area contributed by atoms with Crippen molar-refractivity contribution in [2.75, 3.05) is 37.0 Å². The van der Waals surface area contributed by atoms with Gasteiger partial charge in [-0.1, -0.05) is 17.7 Å². The number of carbonyl (C=O) groups excluding carboxylic acids is 1. The number of nitrogens with zero attached hydrogens (tertiary/aromatic N) is 3. The predicted octanol–water partition coefficient (Wildman–Crippen LogP) is 1.88. The third-order valence-electron chi connectivity index (χ3n) is 3.28. The van der Waals surface area contributed by atoms with Crippen LogP contribution < -0.4 is 4.90 Å². The largest absolute Gasteiger partial charge is 0.378 e. The molecule has 5 nitrogen and oxygen atoms in total. The van der Waals surface area contributed by atoms with Gasteiger partial charge in [-0.25, -0.2) is 9.97 Å². The monoisotopic (exact) mass is 311 g/mol. The Bertz CT molecular complexity index is 546. The van der Waals surface area contributed by atoms with Gasteiger partial charge in [0, 0.05) is 35.7 Å². The summed E-state index contributed by atoms with van der Waals surface area (Å²) in [5, 5.41) is 0.439. The van der Waals surface area contributed by atoms with E-state index < -0.39 is 0 Å². The Balaban J connectivity index is 1.86. The summed E-state index contributed by atoms with van der Waals surface area (Å²) in [5.74, 6) is 2.36. The van der Waals surface area contributed by atoms with E-state index in [-0.39, 0.29) is 5.92 Å². The standard InChI is InChI=1S/C13H14ClN3O2S/c14-11-6-12(17-1-3-19-4-2-17)16-13(15-11)9-5-10(7-18)20-8-9/h5-7,9H,1-4,8H2. The van der Waals surface area contributed by atoms with Crippen molar-refractivity contribution in [1.82, 2.24) is 9.97 Å². The molecule has 0 aliphatic carbocycles. The highest BCUT2D eigenvalue weighted by molar-refractivity contribution is 8.04. The summed E-state index contributed by atoms with van der Waals surface area (Å²) < 4.78 is 5.34. The van der Waals surface area contributed by atoms with E-state index in [4.69, 9.17) is 16.3 Å². The number of anilines is 1. The van der Waals surface area contributed by atoms with Gasteiger partial charge in [-0.2, -0.15) is 0 Å². The van der Waals surface area contributed by atoms with E-state index in [9.17, 15) is 4.79 Å². The molecule has 1 aromatic rings. The Hall–Kier alpha value is -1.11. The van der Waals surface area contributed by atoms with Gasteiger partial charge in [-0.15, -0.1) is 11.8 Å². The quantitative estimate of drug-likeness (QED) is 0.627. The van der Waals surface area contributed by atoms with Crippen LogP contribution in [-0.2, 0) is 9.53 Å². The summed E-state index contributed by atoms with van der Waals surface area (Å²) in [6, 6.07) is 1.78. The SMILES string of the molecule is O=CC1=CC(c2nc(Cl)cc(N3CCOCC3)n2)CS1. The third kappa shape index (κ3) is 2.97. The lowest BCUT2D eigenvalue weighted by molar-refractivity contribution is -0.104. The highest BCUT2D eigenvalue weighted by atomic mass is 35.5. The topological polar surface area (TPSA) is 55.3 Å². The molecule has 0 radical (unpaired) electrons. The van der Waals surface area contributed by atoms with Crippen molar-refractivity contribution >= 4 is 35.5 Å². The zero-order chi connectivity index (χ0) is 13.9. The lowest BCUT2D eigenvalue weighted by Gasteiger charge is -2.28. The minimum Gasteiger partial charge on any atom is -0.378 e. The van der Waals surface area contributed by atoms with E-state index in [1.165, 1.54) is 11.8 Å². The number of ether oxygens (including phenoxy) is 1. The first-order valence-corrected chi connectivity index (χ1v) is 7.79. The molecule has 1 aromatic heterocycles. The molecule has 2 aliphatic rings. The predicted molar refractivity (Wildman–Crippen MR) is 79.4 cm³/mol. The van der Waals surface area contributed by atoms with Gasteiger partial charge in [0.05, 0.1) is 13.2 Å². The molecule has 0 spiro atoms. The van der Waals surface area contributed by atoms with Crippen LogP contribution in [0.25, 0.3) is 0 Å². The Labute approximate surface area is 126 Å². The number of rotatable bonds is 3. The van der Waals surface area contributed by atoms with Crippen LogP contribution in [0.4, 0.5) is 5.82 Å². The number of aldehydes is 1. The molecule has 0 bridgehead atoms. The highest BCUT2D eigenvalue weighted by Crippen LogP contribution is 2.34. The van der Waals surface area contributed by atoms with Gasteiger partial charge in [0.25, 0.3) is 0 Å². The van der Waals surface area contributed by atoms with Crippen LogP contribution in [-0.4, -0.2) is 48.3 Å². The van der Waals surface area contributed by atoms with Crippen molar-refractivity contribution in [3.63, 3.8) is 0 Å². The second kappa shape index (κ2) is 6.11. The van der Waals surface area contributed by atoms with Crippen molar-refractivity contribution in [1.29, 1.82) is 0 Å². The van der Waals surface area contributed by atoms with Crippen molar-refractivity contribution in [2.24, 2.45) is 0 Å². The summed E-state index contributed by atoms with van der Waals surface area (Å²) in [6.45, 7) is 3.01. The number of hydrogen-bond acceptors (Lipinski definition) is 6. The number of thioether (sulfide) groups is 1. The minimum absolute atomic E-state index is 0.0543. The number of allylic oxidation sites excluding steroid dienone is 2. The van der Waals surface area contributed by atoms with Crippen LogP contribution in [0.5, 0.6) is 0 Å². The fraction of sp³-hybridized carbons (Fsp3) is 0.462. The molecule has 1 saturated heterocycles. The number of halogens is 1. The lowest BCUT2D eigenvalue weighted by Crippen LogP contribution is -2.37. The van der Waals surface area contributed by atoms with Gasteiger partial charge >= 0.3 is 0 Å². The highest BCUT2D eigenvalue weighted by Gasteiger charge is 2.22. The average Bonchev–Trinajstić information content (AvgIpc) is 2.96. The Morgan fingerprint density at radius 3 is 2.90 bits per heavy atom. The second-order valence-corrected chi connectivity index (χ2v) is 6.09. The maximum atomic E-state index is 10.8. The van der Waals surface area contributed by atoms with Crippen molar-refractivity contribution < 1.29 is 9.53 Å². The fourth-order valence-electron chi connectivity index (χ4n) is 2.25. The molecule has 0 N–H and O–H groups in total. The first kappa shape index (κ1) is 13.9. The Kier molecular flexibility index (Phi) is 4.24. The molecule has 0 aromatic carbocycles. The second-order valence-electron chi connectivity index (χ2n) is 4.61. The molecule has 3 rings (SSSR count). The zero-order valence-electron chi connectivity index (χ0n) is 10.8. The number of morpholine rings is 1. The molecule has 106 valence electrons. The molecule has 0 saturated carbocycles. The van der Waals surface area contributed by atoms with E-state index >= 15 is 0 Å². The van der Waals surface area contributed by atoms with Gasteiger partial charge in [0.1, 0.15) is 16.8 Å². The molecular formula is C13H14ClN3O2S. The Morgan fingerprint density at radius 2 is 2.20 bits per heavy atom. The van der Waals surface area contributed by atoms with Gasteiger partial charge in [-0.05, 0) is 0 Å². The first-order chi connectivity index (χ1) is 9.76. The minimum atomic E-state index is 0.0543. The summed E-state index contributed by atoms with van der Waals surface area (Å²) >= 11 is 7.64. The maximum absolute atomic E-state index is 10.8. The summed E-state index contributed by atoms with van der Waals surface area (Å²) in [7, 11) is 0. The van der Waals surface area contributed by atoms with E-state index in [0.717, 1.165) is 35.9 Å². The summed E-state index contributed by atoms with van der Waals surface area (Å²) in [4.78, 5) is 22.6. The zero-order valence-corrected chi connectivity index (χ0v) is 12.4. The van der Waals surface area contributed by atoms with E-state index in [1.54, 1.807) is 6.07 Å². The van der Waals surface area contributed by atoms with Gasteiger partial charge in [-0.3, -0.25) is 4.79 Å². The van der Waals surface area contributed by atoms with Crippen LogP contribution in [0.3, 0.4) is 0 Å². The van der Waals surface area contributed by atoms with Gasteiger partial charge in [0.15, 0.2) is 6.29 Å². The number of aromatic nitrogens is 2. The molecular weight excluding hydrogens is 298 g/mol. The lowest BCUT2D eigenvalue weighted by atomic mass is 10.1. The normalized spacial score (nSPS) is 22.8. The Morgan fingerprint density at radius 1 is 1.40 bits per heavy atom. The van der Waals surface area contributed by atoms with E-state index in [2.05, 4.69) is 14.9 Å². The molecule has 2 aliphatic heterocycles. The van der Waals surface area contributed by atoms with E-state index in [0.29, 0.717) is 24.2 Å². The number of hydrogen-bond donors (Lipinski definition) is 0. The smallest absolute Gasteiger partial charge is 0.156 e. The van der Waals surface area contributed by atoms with Crippen LogP contribution in [0.15, 0.2) is 17.0 Å². The molecule has 3 heterocycles. The fourth-order valence-corrected chi connectivity index (χ4v) is 3.38. The molecule has 1 atom stereocenters. The van der Waals surface area contributed by atoms with Crippen LogP contribution >= 0.6 is 23.4 Å². The summed E-state index contributed by atoms with van der Waals surface area (Å²) in [6.07, 6.45) is 2.78.